The van der Waals surface area contributed by atoms with E-state index >= 15 is 0 Å². The van der Waals surface area contributed by atoms with Crippen molar-refractivity contribution in [2.24, 2.45) is 11.7 Å². The summed E-state index contributed by atoms with van der Waals surface area (Å²) in [6, 6.07) is 8.12. The highest BCUT2D eigenvalue weighted by Crippen LogP contribution is 2.19. The fourth-order valence-electron chi connectivity index (χ4n) is 2.74. The standard InChI is InChI=1S/C16H25N3O.ClH/c1-12-5-3-4-6-15(12)18-16(20)11-19-9-7-14(8-10-19)13(2)17;/h3-6,13-14H,7-11,17H2,1-2H3,(H,18,20);1H. The summed E-state index contributed by atoms with van der Waals surface area (Å²) in [5, 5.41) is 2.99. The Morgan fingerprint density at radius 1 is 1.38 bits per heavy atom. The van der Waals surface area contributed by atoms with Crippen molar-refractivity contribution in [1.29, 1.82) is 0 Å². The van der Waals surface area contributed by atoms with Gasteiger partial charge < -0.3 is 11.1 Å². The van der Waals surface area contributed by atoms with E-state index in [4.69, 9.17) is 5.73 Å². The third kappa shape index (κ3) is 5.30. The lowest BCUT2D eigenvalue weighted by Gasteiger charge is -2.33. The first kappa shape index (κ1) is 18.0. The molecule has 0 aromatic heterocycles. The number of benzene rings is 1. The number of para-hydroxylation sites is 1. The van der Waals surface area contributed by atoms with E-state index in [2.05, 4.69) is 17.1 Å². The molecule has 1 saturated heterocycles. The SMILES string of the molecule is Cc1ccccc1NC(=O)CN1CCC(C(C)N)CC1.Cl. The number of carbonyl (C=O) groups is 1. The van der Waals surface area contributed by atoms with Gasteiger partial charge in [0.15, 0.2) is 0 Å². The summed E-state index contributed by atoms with van der Waals surface area (Å²) in [5.74, 6) is 0.671. The molecule has 0 saturated carbocycles. The lowest BCUT2D eigenvalue weighted by atomic mass is 9.91. The van der Waals surface area contributed by atoms with Crippen LogP contribution in [0.5, 0.6) is 0 Å². The molecule has 118 valence electrons. The number of halogens is 1. The second kappa shape index (κ2) is 8.37. The maximum atomic E-state index is 12.1. The third-order valence-corrected chi connectivity index (χ3v) is 4.16. The highest BCUT2D eigenvalue weighted by atomic mass is 35.5. The lowest BCUT2D eigenvalue weighted by Crippen LogP contribution is -2.42. The molecule has 5 heteroatoms. The lowest BCUT2D eigenvalue weighted by molar-refractivity contribution is -0.117. The van der Waals surface area contributed by atoms with E-state index in [1.807, 2.05) is 31.2 Å². The van der Waals surface area contributed by atoms with Gasteiger partial charge >= 0.3 is 0 Å². The molecule has 1 aliphatic rings. The smallest absolute Gasteiger partial charge is 0.238 e. The number of nitrogens with zero attached hydrogens (tertiary/aromatic N) is 1. The molecule has 1 unspecified atom stereocenters. The van der Waals surface area contributed by atoms with Crippen LogP contribution in [-0.2, 0) is 4.79 Å². The molecule has 0 bridgehead atoms. The van der Waals surface area contributed by atoms with Crippen molar-refractivity contribution in [3.8, 4) is 0 Å². The molecule has 4 nitrogen and oxygen atoms in total. The van der Waals surface area contributed by atoms with Crippen molar-refractivity contribution in [1.82, 2.24) is 4.90 Å². The quantitative estimate of drug-likeness (QED) is 0.898. The molecule has 3 N–H and O–H groups in total. The molecule has 2 rings (SSSR count). The van der Waals surface area contributed by atoms with Gasteiger partial charge in [-0.05, 0) is 57.3 Å². The maximum Gasteiger partial charge on any atom is 0.238 e. The van der Waals surface area contributed by atoms with Gasteiger partial charge in [-0.3, -0.25) is 9.69 Å². The maximum absolute atomic E-state index is 12.1. The number of nitrogens with one attached hydrogen (secondary N) is 1. The van der Waals surface area contributed by atoms with Gasteiger partial charge in [0.05, 0.1) is 6.54 Å². The number of rotatable bonds is 4. The van der Waals surface area contributed by atoms with Gasteiger partial charge in [-0.15, -0.1) is 12.4 Å². The summed E-state index contributed by atoms with van der Waals surface area (Å²) in [6.45, 7) is 6.48. The number of hydrogen-bond acceptors (Lipinski definition) is 3. The second-order valence-corrected chi connectivity index (χ2v) is 5.84. The Hall–Kier alpha value is -1.10. The van der Waals surface area contributed by atoms with Gasteiger partial charge in [-0.25, -0.2) is 0 Å². The van der Waals surface area contributed by atoms with E-state index < -0.39 is 0 Å². The highest BCUT2D eigenvalue weighted by Gasteiger charge is 2.23. The van der Waals surface area contributed by atoms with Crippen LogP contribution in [0.4, 0.5) is 5.69 Å². The van der Waals surface area contributed by atoms with Gasteiger partial charge in [-0.1, -0.05) is 18.2 Å². The van der Waals surface area contributed by atoms with Crippen LogP contribution in [0.2, 0.25) is 0 Å². The molecule has 0 spiro atoms. The average molecular weight is 312 g/mol. The predicted molar refractivity (Wildman–Crippen MR) is 89.9 cm³/mol. The number of aryl methyl sites for hydroxylation is 1. The van der Waals surface area contributed by atoms with Crippen LogP contribution >= 0.6 is 12.4 Å². The van der Waals surface area contributed by atoms with Crippen LogP contribution in [0.3, 0.4) is 0 Å². The minimum atomic E-state index is 0. The molecule has 1 aliphatic heterocycles. The predicted octanol–water partition coefficient (Wildman–Crippen LogP) is 2.41. The molecule has 21 heavy (non-hydrogen) atoms. The van der Waals surface area contributed by atoms with Crippen molar-refractivity contribution in [3.63, 3.8) is 0 Å². The molecular weight excluding hydrogens is 286 g/mol. The van der Waals surface area contributed by atoms with E-state index in [0.717, 1.165) is 37.2 Å². The van der Waals surface area contributed by atoms with Crippen LogP contribution in [0.15, 0.2) is 24.3 Å². The van der Waals surface area contributed by atoms with Crippen molar-refractivity contribution >= 4 is 24.0 Å². The van der Waals surface area contributed by atoms with E-state index in [0.29, 0.717) is 12.5 Å². The summed E-state index contributed by atoms with van der Waals surface area (Å²) in [4.78, 5) is 14.3. The van der Waals surface area contributed by atoms with Gasteiger partial charge in [0.1, 0.15) is 0 Å². The zero-order chi connectivity index (χ0) is 14.5. The summed E-state index contributed by atoms with van der Waals surface area (Å²) in [6.07, 6.45) is 2.19. The van der Waals surface area contributed by atoms with Crippen molar-refractivity contribution in [2.45, 2.75) is 32.7 Å². The largest absolute Gasteiger partial charge is 0.328 e. The third-order valence-electron chi connectivity index (χ3n) is 4.16. The number of amides is 1. The van der Waals surface area contributed by atoms with E-state index in [1.54, 1.807) is 0 Å². The molecule has 1 heterocycles. The molecule has 1 fully saturated rings. The number of anilines is 1. The number of likely N-dealkylation sites (tertiary alicyclic amines) is 1. The van der Waals surface area contributed by atoms with Crippen LogP contribution in [0.25, 0.3) is 0 Å². The highest BCUT2D eigenvalue weighted by molar-refractivity contribution is 5.92. The van der Waals surface area contributed by atoms with Crippen molar-refractivity contribution in [3.05, 3.63) is 29.8 Å². The Morgan fingerprint density at radius 2 is 2.00 bits per heavy atom. The monoisotopic (exact) mass is 311 g/mol. The fourth-order valence-corrected chi connectivity index (χ4v) is 2.74. The molecule has 1 amide bonds. The van der Waals surface area contributed by atoms with Crippen molar-refractivity contribution < 1.29 is 4.79 Å². The van der Waals surface area contributed by atoms with Gasteiger partial charge in [0.2, 0.25) is 5.91 Å². The van der Waals surface area contributed by atoms with Crippen LogP contribution < -0.4 is 11.1 Å². The number of carbonyl (C=O) groups excluding carboxylic acids is 1. The minimum Gasteiger partial charge on any atom is -0.328 e. The normalized spacial score (nSPS) is 17.9. The van der Waals surface area contributed by atoms with E-state index in [-0.39, 0.29) is 24.4 Å². The summed E-state index contributed by atoms with van der Waals surface area (Å²) >= 11 is 0. The Morgan fingerprint density at radius 3 is 2.57 bits per heavy atom. The summed E-state index contributed by atoms with van der Waals surface area (Å²) in [5.41, 5.74) is 7.93. The van der Waals surface area contributed by atoms with Gasteiger partial charge in [-0.2, -0.15) is 0 Å². The van der Waals surface area contributed by atoms with Crippen molar-refractivity contribution in [2.75, 3.05) is 25.0 Å². The second-order valence-electron chi connectivity index (χ2n) is 5.84. The number of nitrogens with two attached hydrogens (primary N) is 1. The first-order valence-electron chi connectivity index (χ1n) is 7.39. The molecule has 1 aromatic rings. The first-order valence-corrected chi connectivity index (χ1v) is 7.39. The van der Waals surface area contributed by atoms with E-state index in [9.17, 15) is 4.79 Å². The van der Waals surface area contributed by atoms with Gasteiger partial charge in [0.25, 0.3) is 0 Å². The van der Waals surface area contributed by atoms with E-state index in [1.165, 1.54) is 0 Å². The van der Waals surface area contributed by atoms with Crippen LogP contribution in [0.1, 0.15) is 25.3 Å². The molecule has 0 radical (unpaired) electrons. The topological polar surface area (TPSA) is 58.4 Å². The van der Waals surface area contributed by atoms with Crippen LogP contribution in [-0.4, -0.2) is 36.5 Å². The molecule has 0 aliphatic carbocycles. The summed E-state index contributed by atoms with van der Waals surface area (Å²) in [7, 11) is 0. The fraction of sp³-hybridized carbons (Fsp3) is 0.562. The zero-order valence-electron chi connectivity index (χ0n) is 12.8. The Kier molecular flexibility index (Phi) is 7.15. The van der Waals surface area contributed by atoms with Gasteiger partial charge in [0, 0.05) is 11.7 Å². The minimum absolute atomic E-state index is 0. The molecular formula is C16H26ClN3O. The Balaban J connectivity index is 0.00000220. The Bertz CT molecular complexity index is 457. The molecule has 1 aromatic carbocycles. The average Bonchev–Trinajstić information content (AvgIpc) is 2.42. The zero-order valence-corrected chi connectivity index (χ0v) is 13.7. The number of piperidine rings is 1. The first-order chi connectivity index (χ1) is 9.56. The van der Waals surface area contributed by atoms with Crippen LogP contribution in [0, 0.1) is 12.8 Å². The number of hydrogen-bond donors (Lipinski definition) is 2. The molecule has 1 atom stereocenters. The summed E-state index contributed by atoms with van der Waals surface area (Å²) < 4.78 is 0. The Labute approximate surface area is 133 Å².